The molecule has 1 saturated heterocycles. The van der Waals surface area contributed by atoms with E-state index in [1.807, 2.05) is 39.8 Å². The lowest BCUT2D eigenvalue weighted by atomic mass is 9.91. The third kappa shape index (κ3) is 12.2. The molecule has 0 radical (unpaired) electrons. The van der Waals surface area contributed by atoms with E-state index in [-0.39, 0.29) is 0 Å². The van der Waals surface area contributed by atoms with E-state index in [1.165, 1.54) is 50.0 Å². The maximum atomic E-state index is 4.94. The zero-order chi connectivity index (χ0) is 26.6. The van der Waals surface area contributed by atoms with Crippen molar-refractivity contribution in [2.24, 2.45) is 5.92 Å². The Kier molecular flexibility index (Phi) is 19.5. The van der Waals surface area contributed by atoms with Gasteiger partial charge in [0.25, 0.3) is 0 Å². The van der Waals surface area contributed by atoms with Crippen molar-refractivity contribution in [2.75, 3.05) is 31.1 Å². The van der Waals surface area contributed by atoms with Crippen molar-refractivity contribution in [2.45, 2.75) is 120 Å². The monoisotopic (exact) mass is 486 g/mol. The summed E-state index contributed by atoms with van der Waals surface area (Å²) in [5.41, 5.74) is 2.57. The number of hydrogen-bond acceptors (Lipinski definition) is 4. The van der Waals surface area contributed by atoms with Gasteiger partial charge in [-0.3, -0.25) is 4.90 Å². The summed E-state index contributed by atoms with van der Waals surface area (Å²) in [6.07, 6.45) is 18.0. The smallest absolute Gasteiger partial charge is 0.225 e. The zero-order valence-electron chi connectivity index (χ0n) is 25.0. The lowest BCUT2D eigenvalue weighted by Gasteiger charge is -2.43. The summed E-state index contributed by atoms with van der Waals surface area (Å²) in [6.45, 7) is 25.7. The molecule has 2 fully saturated rings. The Labute approximate surface area is 219 Å². The van der Waals surface area contributed by atoms with E-state index >= 15 is 0 Å². The van der Waals surface area contributed by atoms with Crippen molar-refractivity contribution < 1.29 is 0 Å². The van der Waals surface area contributed by atoms with Crippen molar-refractivity contribution in [3.05, 3.63) is 41.8 Å². The van der Waals surface area contributed by atoms with Gasteiger partial charge in [-0.1, -0.05) is 85.6 Å². The molecule has 1 aliphatic carbocycles. The van der Waals surface area contributed by atoms with Crippen LogP contribution in [-0.2, 0) is 6.42 Å². The second-order valence-corrected chi connectivity index (χ2v) is 9.43. The number of aryl methyl sites for hydroxylation is 1. The quantitative estimate of drug-likeness (QED) is 0.362. The minimum Gasteiger partial charge on any atom is -0.338 e. The lowest BCUT2D eigenvalue weighted by Crippen LogP contribution is -2.52. The van der Waals surface area contributed by atoms with Crippen molar-refractivity contribution >= 4 is 5.95 Å². The van der Waals surface area contributed by atoms with Gasteiger partial charge < -0.3 is 4.90 Å². The van der Waals surface area contributed by atoms with Crippen molar-refractivity contribution in [3.63, 3.8) is 0 Å². The van der Waals surface area contributed by atoms with E-state index in [0.29, 0.717) is 5.92 Å². The number of piperazine rings is 1. The molecular formula is C31H58N4. The van der Waals surface area contributed by atoms with Gasteiger partial charge in [-0.05, 0) is 63.9 Å². The predicted octanol–water partition coefficient (Wildman–Crippen LogP) is 8.44. The van der Waals surface area contributed by atoms with E-state index in [0.717, 1.165) is 43.8 Å². The summed E-state index contributed by atoms with van der Waals surface area (Å²) in [5.74, 6) is 2.23. The van der Waals surface area contributed by atoms with Crippen LogP contribution < -0.4 is 4.90 Å². The van der Waals surface area contributed by atoms with Crippen LogP contribution in [-0.4, -0.2) is 47.1 Å². The van der Waals surface area contributed by atoms with Gasteiger partial charge in [0.2, 0.25) is 5.95 Å². The fourth-order valence-electron chi connectivity index (χ4n) is 3.96. The summed E-state index contributed by atoms with van der Waals surface area (Å²) in [7, 11) is 0. The molecule has 0 N–H and O–H groups in total. The van der Waals surface area contributed by atoms with Gasteiger partial charge in [-0.25, -0.2) is 9.97 Å². The molecule has 1 aromatic rings. The molecule has 2 unspecified atom stereocenters. The first-order valence-corrected chi connectivity index (χ1v) is 14.5. The van der Waals surface area contributed by atoms with E-state index in [1.54, 1.807) is 0 Å². The van der Waals surface area contributed by atoms with Crippen molar-refractivity contribution in [1.29, 1.82) is 0 Å². The Morgan fingerprint density at radius 2 is 1.51 bits per heavy atom. The number of rotatable bonds is 7. The molecule has 0 aromatic carbocycles. The first-order valence-electron chi connectivity index (χ1n) is 14.5. The summed E-state index contributed by atoms with van der Waals surface area (Å²) in [6, 6.07) is 0.862. The zero-order valence-corrected chi connectivity index (χ0v) is 25.0. The number of allylic oxidation sites excluding steroid dienone is 4. The minimum atomic E-state index is 0.521. The molecule has 1 aliphatic heterocycles. The Bertz CT molecular complexity index is 681. The molecule has 0 amide bonds. The topological polar surface area (TPSA) is 32.3 Å². The molecule has 2 aliphatic rings. The molecular weight excluding hydrogens is 428 g/mol. The Morgan fingerprint density at radius 3 is 1.89 bits per heavy atom. The van der Waals surface area contributed by atoms with Crippen molar-refractivity contribution in [1.82, 2.24) is 14.9 Å². The molecule has 1 saturated carbocycles. The van der Waals surface area contributed by atoms with Gasteiger partial charge in [0, 0.05) is 38.4 Å². The normalized spacial score (nSPS) is 17.9. The molecule has 2 heterocycles. The second kappa shape index (κ2) is 20.5. The highest BCUT2D eigenvalue weighted by Gasteiger charge is 2.28. The van der Waals surface area contributed by atoms with Crippen LogP contribution in [0.2, 0.25) is 0 Å². The third-order valence-corrected chi connectivity index (χ3v) is 7.03. The highest BCUT2D eigenvalue weighted by molar-refractivity contribution is 5.35. The second-order valence-electron chi connectivity index (χ2n) is 9.43. The molecule has 0 spiro atoms. The van der Waals surface area contributed by atoms with Gasteiger partial charge in [0.15, 0.2) is 0 Å². The molecule has 202 valence electrons. The minimum absolute atomic E-state index is 0.521. The van der Waals surface area contributed by atoms with Crippen LogP contribution in [0.3, 0.4) is 0 Å². The molecule has 3 rings (SSSR count). The van der Waals surface area contributed by atoms with Crippen LogP contribution in [0, 0.1) is 5.92 Å². The summed E-state index contributed by atoms with van der Waals surface area (Å²) >= 11 is 0. The Balaban J connectivity index is 0.000000744. The van der Waals surface area contributed by atoms with Crippen molar-refractivity contribution in [3.8, 4) is 0 Å². The average Bonchev–Trinajstić information content (AvgIpc) is 2.89. The summed E-state index contributed by atoms with van der Waals surface area (Å²) in [5, 5.41) is 0. The van der Waals surface area contributed by atoms with Gasteiger partial charge in [-0.15, -0.1) is 0 Å². The highest BCUT2D eigenvalue weighted by Crippen LogP contribution is 2.27. The first-order chi connectivity index (χ1) is 16.9. The molecule has 2 atom stereocenters. The maximum Gasteiger partial charge on any atom is 0.225 e. The van der Waals surface area contributed by atoms with Crippen LogP contribution >= 0.6 is 0 Å². The van der Waals surface area contributed by atoms with Crippen LogP contribution in [0.1, 0.15) is 119 Å². The summed E-state index contributed by atoms with van der Waals surface area (Å²) < 4.78 is 0. The SMILES string of the molecule is C/C=C/C.C/C=C\C(C)CC.CC.CCc1cnc(N2CCN(C3CCC3)CC2)nc1C(C)CC. The Morgan fingerprint density at radius 1 is 0.914 bits per heavy atom. The molecule has 1 aromatic heterocycles. The fourth-order valence-corrected chi connectivity index (χ4v) is 3.96. The van der Waals surface area contributed by atoms with Crippen LogP contribution in [0.25, 0.3) is 0 Å². The average molecular weight is 487 g/mol. The third-order valence-electron chi connectivity index (χ3n) is 7.03. The van der Waals surface area contributed by atoms with Gasteiger partial charge in [0.1, 0.15) is 0 Å². The Hall–Kier alpha value is -1.68. The molecule has 4 heteroatoms. The molecule has 0 bridgehead atoms. The number of hydrogen-bond donors (Lipinski definition) is 0. The fraction of sp³-hybridized carbons (Fsp3) is 0.742. The predicted molar refractivity (Wildman–Crippen MR) is 158 cm³/mol. The van der Waals surface area contributed by atoms with Gasteiger partial charge >= 0.3 is 0 Å². The highest BCUT2D eigenvalue weighted by atomic mass is 15.3. The van der Waals surface area contributed by atoms with E-state index in [2.05, 4.69) is 74.7 Å². The summed E-state index contributed by atoms with van der Waals surface area (Å²) in [4.78, 5) is 14.6. The van der Waals surface area contributed by atoms with E-state index in [9.17, 15) is 0 Å². The standard InChI is InChI=1S/C18H30N4.C7H14.C4H8.C2H6/c1-4-14(3)17-15(5-2)13-19-18(20-17)22-11-9-21(10-12-22)16-7-6-8-16;1-4-6-7(3)5-2;1-3-4-2;1-2/h13-14,16H,4-12H2,1-3H3;4,6-7H,5H2,1-3H3;3-4H,1-2H3;1-2H3/b;6-4-;4-3+;. The largest absolute Gasteiger partial charge is 0.338 e. The van der Waals surface area contributed by atoms with Gasteiger partial charge in [-0.2, -0.15) is 0 Å². The van der Waals surface area contributed by atoms with Gasteiger partial charge in [0.05, 0.1) is 5.69 Å². The van der Waals surface area contributed by atoms with E-state index in [4.69, 9.17) is 4.98 Å². The first kappa shape index (κ1) is 33.3. The number of aromatic nitrogens is 2. The van der Waals surface area contributed by atoms with Crippen LogP contribution in [0.5, 0.6) is 0 Å². The van der Waals surface area contributed by atoms with E-state index < -0.39 is 0 Å². The molecule has 4 nitrogen and oxygen atoms in total. The number of anilines is 1. The van der Waals surface area contributed by atoms with Crippen LogP contribution in [0.4, 0.5) is 5.95 Å². The number of nitrogens with zero attached hydrogens (tertiary/aromatic N) is 4. The lowest BCUT2D eigenvalue weighted by molar-refractivity contribution is 0.120. The molecule has 35 heavy (non-hydrogen) atoms. The van der Waals surface area contributed by atoms with Crippen LogP contribution in [0.15, 0.2) is 30.5 Å². The maximum absolute atomic E-state index is 4.94.